The molecule has 0 saturated carbocycles. The van der Waals surface area contributed by atoms with Crippen LogP contribution in [0.4, 0.5) is 5.69 Å². The van der Waals surface area contributed by atoms with E-state index < -0.39 is 0 Å². The summed E-state index contributed by atoms with van der Waals surface area (Å²) in [7, 11) is 0. The number of anilines is 1. The zero-order chi connectivity index (χ0) is 13.2. The Balaban J connectivity index is 1.66. The molecule has 0 radical (unpaired) electrons. The third-order valence-electron chi connectivity index (χ3n) is 3.84. The molecule has 1 aromatic carbocycles. The molecule has 0 spiro atoms. The van der Waals surface area contributed by atoms with Gasteiger partial charge in [-0.15, -0.1) is 0 Å². The van der Waals surface area contributed by atoms with Crippen LogP contribution in [0.25, 0.3) is 0 Å². The molecular formula is C14H18ClN3O. The van der Waals surface area contributed by atoms with Gasteiger partial charge in [-0.25, -0.2) is 0 Å². The molecule has 19 heavy (non-hydrogen) atoms. The molecule has 0 unspecified atom stereocenters. The average molecular weight is 280 g/mol. The van der Waals surface area contributed by atoms with Crippen molar-refractivity contribution in [2.45, 2.75) is 12.8 Å². The van der Waals surface area contributed by atoms with E-state index in [2.05, 4.69) is 10.2 Å². The first-order valence-corrected chi connectivity index (χ1v) is 7.17. The summed E-state index contributed by atoms with van der Waals surface area (Å²) in [5.74, 6) is 0.0791. The SMILES string of the molecule is O=C1c2cc(Cl)ccc2NCN1CCN1CCCC1. The summed E-state index contributed by atoms with van der Waals surface area (Å²) in [6.07, 6.45) is 2.56. The topological polar surface area (TPSA) is 35.6 Å². The van der Waals surface area contributed by atoms with Crippen LogP contribution in [0.1, 0.15) is 23.2 Å². The van der Waals surface area contributed by atoms with Crippen LogP contribution in [0.3, 0.4) is 0 Å². The summed E-state index contributed by atoms with van der Waals surface area (Å²) >= 11 is 5.96. The van der Waals surface area contributed by atoms with Crippen LogP contribution in [-0.4, -0.2) is 48.6 Å². The number of carbonyl (C=O) groups excluding carboxylic acids is 1. The van der Waals surface area contributed by atoms with Gasteiger partial charge < -0.3 is 15.1 Å². The van der Waals surface area contributed by atoms with Gasteiger partial charge in [0.05, 0.1) is 12.2 Å². The Morgan fingerprint density at radius 3 is 2.79 bits per heavy atom. The highest BCUT2D eigenvalue weighted by molar-refractivity contribution is 6.31. The van der Waals surface area contributed by atoms with Gasteiger partial charge in [-0.2, -0.15) is 0 Å². The van der Waals surface area contributed by atoms with Crippen LogP contribution in [0.5, 0.6) is 0 Å². The van der Waals surface area contributed by atoms with E-state index in [1.165, 1.54) is 12.8 Å². The Bertz CT molecular complexity index is 486. The van der Waals surface area contributed by atoms with E-state index in [9.17, 15) is 4.79 Å². The first-order valence-electron chi connectivity index (χ1n) is 6.79. The molecule has 1 fully saturated rings. The summed E-state index contributed by atoms with van der Waals surface area (Å²) in [6, 6.07) is 5.42. The van der Waals surface area contributed by atoms with E-state index in [-0.39, 0.29) is 5.91 Å². The number of fused-ring (bicyclic) bond motifs is 1. The number of benzene rings is 1. The number of likely N-dealkylation sites (tertiary alicyclic amines) is 1. The minimum atomic E-state index is 0.0791. The zero-order valence-electron chi connectivity index (χ0n) is 10.9. The Morgan fingerprint density at radius 1 is 1.21 bits per heavy atom. The standard InChI is InChI=1S/C14H18ClN3O/c15-11-3-4-13-12(9-11)14(19)18(10-16-13)8-7-17-5-1-2-6-17/h3-4,9,16H,1-2,5-8,10H2. The second kappa shape index (κ2) is 5.39. The number of amides is 1. The van der Waals surface area contributed by atoms with Crippen LogP contribution in [0, 0.1) is 0 Å². The average Bonchev–Trinajstić information content (AvgIpc) is 2.92. The Morgan fingerprint density at radius 2 is 2.00 bits per heavy atom. The number of hydrogen-bond acceptors (Lipinski definition) is 3. The van der Waals surface area contributed by atoms with Crippen molar-refractivity contribution in [3.05, 3.63) is 28.8 Å². The lowest BCUT2D eigenvalue weighted by Crippen LogP contribution is -2.43. The molecular weight excluding hydrogens is 262 g/mol. The van der Waals surface area contributed by atoms with E-state index in [4.69, 9.17) is 11.6 Å². The van der Waals surface area contributed by atoms with Crippen molar-refractivity contribution < 1.29 is 4.79 Å². The van der Waals surface area contributed by atoms with Crippen molar-refractivity contribution in [3.8, 4) is 0 Å². The van der Waals surface area contributed by atoms with Crippen LogP contribution in [-0.2, 0) is 0 Å². The van der Waals surface area contributed by atoms with E-state index in [0.717, 1.165) is 31.9 Å². The van der Waals surface area contributed by atoms with Crippen molar-refractivity contribution in [1.29, 1.82) is 0 Å². The van der Waals surface area contributed by atoms with Crippen LogP contribution in [0.15, 0.2) is 18.2 Å². The summed E-state index contributed by atoms with van der Waals surface area (Å²) in [5, 5.41) is 3.88. The third-order valence-corrected chi connectivity index (χ3v) is 4.08. The molecule has 1 amide bonds. The number of nitrogens with zero attached hydrogens (tertiary/aromatic N) is 2. The van der Waals surface area contributed by atoms with Gasteiger partial charge in [0, 0.05) is 23.8 Å². The largest absolute Gasteiger partial charge is 0.367 e. The second-order valence-corrected chi connectivity index (χ2v) is 5.58. The van der Waals surface area contributed by atoms with Gasteiger partial charge in [0.1, 0.15) is 0 Å². The highest BCUT2D eigenvalue weighted by Crippen LogP contribution is 2.25. The molecule has 2 aliphatic rings. The molecule has 3 rings (SSSR count). The molecule has 4 nitrogen and oxygen atoms in total. The van der Waals surface area contributed by atoms with E-state index in [0.29, 0.717) is 17.3 Å². The highest BCUT2D eigenvalue weighted by atomic mass is 35.5. The van der Waals surface area contributed by atoms with Gasteiger partial charge in [0.2, 0.25) is 0 Å². The lowest BCUT2D eigenvalue weighted by Gasteiger charge is -2.31. The van der Waals surface area contributed by atoms with Crippen molar-refractivity contribution in [1.82, 2.24) is 9.80 Å². The number of rotatable bonds is 3. The summed E-state index contributed by atoms with van der Waals surface area (Å²) < 4.78 is 0. The van der Waals surface area contributed by atoms with Crippen LogP contribution in [0.2, 0.25) is 5.02 Å². The summed E-state index contributed by atoms with van der Waals surface area (Å²) in [6.45, 7) is 4.65. The molecule has 1 N–H and O–H groups in total. The highest BCUT2D eigenvalue weighted by Gasteiger charge is 2.24. The fraction of sp³-hybridized carbons (Fsp3) is 0.500. The molecule has 2 heterocycles. The number of halogens is 1. The van der Waals surface area contributed by atoms with Gasteiger partial charge >= 0.3 is 0 Å². The molecule has 0 aliphatic carbocycles. The Labute approximate surface area is 118 Å². The number of carbonyl (C=O) groups is 1. The van der Waals surface area contributed by atoms with Crippen molar-refractivity contribution in [2.24, 2.45) is 0 Å². The minimum Gasteiger partial charge on any atom is -0.367 e. The number of hydrogen-bond donors (Lipinski definition) is 1. The molecule has 0 atom stereocenters. The van der Waals surface area contributed by atoms with Gasteiger partial charge in [-0.3, -0.25) is 4.79 Å². The molecule has 1 aromatic rings. The van der Waals surface area contributed by atoms with E-state index in [1.54, 1.807) is 12.1 Å². The fourth-order valence-corrected chi connectivity index (χ4v) is 2.89. The molecule has 2 aliphatic heterocycles. The molecule has 0 bridgehead atoms. The maximum Gasteiger partial charge on any atom is 0.257 e. The zero-order valence-corrected chi connectivity index (χ0v) is 11.6. The predicted molar refractivity (Wildman–Crippen MR) is 76.7 cm³/mol. The maximum absolute atomic E-state index is 12.4. The molecule has 102 valence electrons. The van der Waals surface area contributed by atoms with Crippen molar-refractivity contribution in [2.75, 3.05) is 38.2 Å². The second-order valence-electron chi connectivity index (χ2n) is 5.14. The Hall–Kier alpha value is -1.26. The first-order chi connectivity index (χ1) is 9.24. The molecule has 0 aromatic heterocycles. The van der Waals surface area contributed by atoms with Gasteiger partial charge in [-0.1, -0.05) is 11.6 Å². The van der Waals surface area contributed by atoms with Gasteiger partial charge in [0.15, 0.2) is 0 Å². The van der Waals surface area contributed by atoms with Crippen LogP contribution >= 0.6 is 11.6 Å². The van der Waals surface area contributed by atoms with Crippen molar-refractivity contribution >= 4 is 23.2 Å². The molecule has 5 heteroatoms. The van der Waals surface area contributed by atoms with Gasteiger partial charge in [-0.05, 0) is 44.1 Å². The predicted octanol–water partition coefficient (Wildman–Crippen LogP) is 2.26. The van der Waals surface area contributed by atoms with E-state index >= 15 is 0 Å². The van der Waals surface area contributed by atoms with Crippen molar-refractivity contribution in [3.63, 3.8) is 0 Å². The monoisotopic (exact) mass is 279 g/mol. The lowest BCUT2D eigenvalue weighted by molar-refractivity contribution is 0.0743. The maximum atomic E-state index is 12.4. The fourth-order valence-electron chi connectivity index (χ4n) is 2.72. The third kappa shape index (κ3) is 2.69. The van der Waals surface area contributed by atoms with E-state index in [1.807, 2.05) is 11.0 Å². The quantitative estimate of drug-likeness (QED) is 0.922. The molecule has 1 saturated heterocycles. The smallest absolute Gasteiger partial charge is 0.257 e. The summed E-state index contributed by atoms with van der Waals surface area (Å²) in [5.41, 5.74) is 1.56. The number of nitrogens with one attached hydrogen (secondary N) is 1. The first kappa shape index (κ1) is 12.8. The summed E-state index contributed by atoms with van der Waals surface area (Å²) in [4.78, 5) is 16.7. The minimum absolute atomic E-state index is 0.0791. The van der Waals surface area contributed by atoms with Crippen LogP contribution < -0.4 is 5.32 Å². The lowest BCUT2D eigenvalue weighted by atomic mass is 10.1. The normalized spacial score (nSPS) is 19.4. The van der Waals surface area contributed by atoms with Gasteiger partial charge in [0.25, 0.3) is 5.91 Å². The Kier molecular flexibility index (Phi) is 3.62.